The van der Waals surface area contributed by atoms with Gasteiger partial charge in [0.05, 0.1) is 28.6 Å². The molecule has 0 radical (unpaired) electrons. The molecule has 0 aromatic heterocycles. The summed E-state index contributed by atoms with van der Waals surface area (Å²) in [7, 11) is 0. The maximum Gasteiger partial charge on any atom is 0.256 e. The normalized spacial score (nSPS) is 10.2. The molecule has 0 bridgehead atoms. The van der Waals surface area contributed by atoms with Crippen LogP contribution in [0.4, 0.5) is 5.69 Å². The van der Waals surface area contributed by atoms with Crippen molar-refractivity contribution >= 4 is 40.9 Å². The number of thioether (sulfide) groups is 1. The summed E-state index contributed by atoms with van der Waals surface area (Å²) in [6.45, 7) is 2.27. The van der Waals surface area contributed by atoms with Gasteiger partial charge in [-0.25, -0.2) is 0 Å². The molecule has 0 saturated heterocycles. The van der Waals surface area contributed by atoms with Gasteiger partial charge in [-0.1, -0.05) is 29.8 Å². The Balaban J connectivity index is 2.25. The molecule has 0 aliphatic heterocycles. The van der Waals surface area contributed by atoms with Crippen LogP contribution in [0, 0.1) is 0 Å². The van der Waals surface area contributed by atoms with Gasteiger partial charge in [-0.15, -0.1) is 11.8 Å². The number of anilines is 1. The number of rotatable bonds is 7. The Morgan fingerprint density at radius 2 is 1.96 bits per heavy atom. The number of benzene rings is 2. The molecule has 0 heterocycles. The first-order valence-electron chi connectivity index (χ1n) is 7.25. The Kier molecular flexibility index (Phi) is 6.52. The lowest BCUT2D eigenvalue weighted by Gasteiger charge is -2.14. The number of nitrogens with one attached hydrogen (secondary N) is 1. The molecule has 7 heteroatoms. The van der Waals surface area contributed by atoms with Crippen LogP contribution in [0.2, 0.25) is 5.02 Å². The largest absolute Gasteiger partial charge is 0.490 e. The van der Waals surface area contributed by atoms with Crippen LogP contribution in [-0.2, 0) is 4.79 Å². The van der Waals surface area contributed by atoms with Gasteiger partial charge in [-0.05, 0) is 31.2 Å². The van der Waals surface area contributed by atoms with E-state index in [9.17, 15) is 9.59 Å². The molecule has 0 atom stereocenters. The molecule has 0 spiro atoms. The number of nitrogens with two attached hydrogens (primary N) is 1. The van der Waals surface area contributed by atoms with E-state index in [0.29, 0.717) is 33.5 Å². The molecule has 5 nitrogen and oxygen atoms in total. The van der Waals surface area contributed by atoms with Crippen molar-refractivity contribution in [3.05, 3.63) is 53.1 Å². The predicted molar refractivity (Wildman–Crippen MR) is 96.9 cm³/mol. The lowest BCUT2D eigenvalue weighted by molar-refractivity contribution is -0.115. The Labute approximate surface area is 149 Å². The van der Waals surface area contributed by atoms with Gasteiger partial charge >= 0.3 is 0 Å². The number of hydrogen-bond donors (Lipinski definition) is 2. The van der Waals surface area contributed by atoms with E-state index in [4.69, 9.17) is 22.1 Å². The third-order valence-corrected chi connectivity index (χ3v) is 4.40. The third-order valence-electron chi connectivity index (χ3n) is 3.01. The Hall–Kier alpha value is -2.18. The van der Waals surface area contributed by atoms with Gasteiger partial charge in [-0.3, -0.25) is 9.59 Å². The summed E-state index contributed by atoms with van der Waals surface area (Å²) >= 11 is 7.34. The fourth-order valence-electron chi connectivity index (χ4n) is 2.02. The molecule has 2 aromatic rings. The highest BCUT2D eigenvalue weighted by Crippen LogP contribution is 2.33. The minimum atomic E-state index is -0.441. The maximum atomic E-state index is 12.6. The molecule has 24 heavy (non-hydrogen) atoms. The average Bonchev–Trinajstić information content (AvgIpc) is 2.56. The fourth-order valence-corrected chi connectivity index (χ4v) is 3.03. The van der Waals surface area contributed by atoms with Crippen molar-refractivity contribution in [2.75, 3.05) is 17.7 Å². The summed E-state index contributed by atoms with van der Waals surface area (Å²) in [5.74, 6) is -0.224. The molecule has 2 rings (SSSR count). The van der Waals surface area contributed by atoms with Crippen LogP contribution in [0.5, 0.6) is 5.75 Å². The first kappa shape index (κ1) is 18.2. The maximum absolute atomic E-state index is 12.6. The highest BCUT2D eigenvalue weighted by Gasteiger charge is 2.15. The number of carbonyl (C=O) groups excluding carboxylic acids is 2. The number of ether oxygens (including phenoxy) is 1. The molecule has 0 aliphatic carbocycles. The fraction of sp³-hybridized carbons (Fsp3) is 0.176. The van der Waals surface area contributed by atoms with Crippen LogP contribution >= 0.6 is 23.4 Å². The van der Waals surface area contributed by atoms with Crippen molar-refractivity contribution in [1.82, 2.24) is 0 Å². The number of amides is 2. The van der Waals surface area contributed by atoms with Gasteiger partial charge in [0.25, 0.3) is 5.91 Å². The zero-order chi connectivity index (χ0) is 17.5. The predicted octanol–water partition coefficient (Wildman–Crippen LogP) is 3.57. The van der Waals surface area contributed by atoms with E-state index in [-0.39, 0.29) is 11.7 Å². The van der Waals surface area contributed by atoms with Gasteiger partial charge < -0.3 is 15.8 Å². The standard InChI is InChI=1S/C17H17ClN2O3S/c1-2-23-16-12(18)7-5-8-13(16)20-17(22)11-6-3-4-9-14(11)24-10-15(19)21/h3-9H,2,10H2,1H3,(H2,19,21)(H,20,22). The second-order valence-corrected chi connectivity index (χ2v) is 6.18. The molecule has 0 aliphatic rings. The number of primary amides is 1. The van der Waals surface area contributed by atoms with Gasteiger partial charge in [0, 0.05) is 4.90 Å². The lowest BCUT2D eigenvalue weighted by Crippen LogP contribution is -2.16. The first-order chi connectivity index (χ1) is 11.5. The van der Waals surface area contributed by atoms with E-state index in [1.54, 1.807) is 42.5 Å². The van der Waals surface area contributed by atoms with Crippen LogP contribution in [-0.4, -0.2) is 24.2 Å². The monoisotopic (exact) mass is 364 g/mol. The van der Waals surface area contributed by atoms with Crippen LogP contribution in [0.25, 0.3) is 0 Å². The minimum Gasteiger partial charge on any atom is -0.490 e. The van der Waals surface area contributed by atoms with Crippen molar-refractivity contribution in [2.45, 2.75) is 11.8 Å². The zero-order valence-corrected chi connectivity index (χ0v) is 14.6. The van der Waals surface area contributed by atoms with E-state index in [2.05, 4.69) is 5.32 Å². The molecule has 0 fully saturated rings. The molecule has 2 amide bonds. The summed E-state index contributed by atoms with van der Waals surface area (Å²) < 4.78 is 5.50. The van der Waals surface area contributed by atoms with Crippen LogP contribution in [0.3, 0.4) is 0 Å². The molecule has 0 saturated carbocycles. The van der Waals surface area contributed by atoms with Crippen molar-refractivity contribution in [1.29, 1.82) is 0 Å². The highest BCUT2D eigenvalue weighted by molar-refractivity contribution is 8.00. The Bertz CT molecular complexity index is 752. The second kappa shape index (κ2) is 8.61. The zero-order valence-electron chi connectivity index (χ0n) is 13.0. The first-order valence-corrected chi connectivity index (χ1v) is 8.62. The number of para-hydroxylation sites is 1. The summed E-state index contributed by atoms with van der Waals surface area (Å²) in [6.07, 6.45) is 0. The van der Waals surface area contributed by atoms with Crippen molar-refractivity contribution in [3.63, 3.8) is 0 Å². The van der Waals surface area contributed by atoms with E-state index in [0.717, 1.165) is 0 Å². The van der Waals surface area contributed by atoms with Gasteiger partial charge in [0.1, 0.15) is 0 Å². The number of halogens is 1. The summed E-state index contributed by atoms with van der Waals surface area (Å²) in [6, 6.07) is 12.1. The van der Waals surface area contributed by atoms with E-state index < -0.39 is 5.91 Å². The summed E-state index contributed by atoms with van der Waals surface area (Å²) in [4.78, 5) is 24.3. The molecule has 3 N–H and O–H groups in total. The van der Waals surface area contributed by atoms with Crippen molar-refractivity contribution < 1.29 is 14.3 Å². The van der Waals surface area contributed by atoms with E-state index >= 15 is 0 Å². The lowest BCUT2D eigenvalue weighted by atomic mass is 10.2. The molecular weight excluding hydrogens is 348 g/mol. The molecule has 126 valence electrons. The van der Waals surface area contributed by atoms with Gasteiger partial charge in [0.15, 0.2) is 5.75 Å². The molecule has 2 aromatic carbocycles. The van der Waals surface area contributed by atoms with Crippen LogP contribution in [0.1, 0.15) is 17.3 Å². The van der Waals surface area contributed by atoms with E-state index in [1.807, 2.05) is 6.92 Å². The topological polar surface area (TPSA) is 81.4 Å². The van der Waals surface area contributed by atoms with Crippen molar-refractivity contribution in [2.24, 2.45) is 5.73 Å². The van der Waals surface area contributed by atoms with Crippen LogP contribution in [0.15, 0.2) is 47.4 Å². The Morgan fingerprint density at radius 1 is 1.21 bits per heavy atom. The second-order valence-electron chi connectivity index (χ2n) is 4.75. The van der Waals surface area contributed by atoms with Gasteiger partial charge in [-0.2, -0.15) is 0 Å². The number of hydrogen-bond acceptors (Lipinski definition) is 4. The van der Waals surface area contributed by atoms with Crippen LogP contribution < -0.4 is 15.8 Å². The van der Waals surface area contributed by atoms with E-state index in [1.165, 1.54) is 11.8 Å². The minimum absolute atomic E-state index is 0.103. The summed E-state index contributed by atoms with van der Waals surface area (Å²) in [5.41, 5.74) is 6.11. The third kappa shape index (κ3) is 4.66. The van der Waals surface area contributed by atoms with Crippen molar-refractivity contribution in [3.8, 4) is 5.75 Å². The summed E-state index contributed by atoms with van der Waals surface area (Å²) in [5, 5.41) is 3.22. The van der Waals surface area contributed by atoms with Gasteiger partial charge in [0.2, 0.25) is 5.91 Å². The quantitative estimate of drug-likeness (QED) is 0.736. The molecule has 0 unspecified atom stereocenters. The number of carbonyl (C=O) groups is 2. The average molecular weight is 365 g/mol. The Morgan fingerprint density at radius 3 is 2.67 bits per heavy atom. The molecular formula is C17H17ClN2O3S. The smallest absolute Gasteiger partial charge is 0.256 e. The highest BCUT2D eigenvalue weighted by atomic mass is 35.5. The SMILES string of the molecule is CCOc1c(Cl)cccc1NC(=O)c1ccccc1SCC(N)=O.